The molecule has 0 unspecified atom stereocenters. The standard InChI is InChI=1S/C28H26O3S2/c1-17-9-18(2)12-21(11-17)25-15-23(5-7-27(25)29)32-31-33-24-6-8-28(30)26(16-24)22-13-19(3)10-20(4)14-22/h5-16,29-30H,1-4H3. The summed E-state index contributed by atoms with van der Waals surface area (Å²) in [4.78, 5) is 1.78. The van der Waals surface area contributed by atoms with E-state index in [4.69, 9.17) is 3.63 Å². The van der Waals surface area contributed by atoms with E-state index in [1.807, 2.05) is 24.3 Å². The molecule has 0 saturated carbocycles. The first-order valence-electron chi connectivity index (χ1n) is 10.6. The van der Waals surface area contributed by atoms with E-state index in [2.05, 4.69) is 64.1 Å². The number of rotatable bonds is 6. The van der Waals surface area contributed by atoms with Crippen molar-refractivity contribution in [3.8, 4) is 33.8 Å². The Kier molecular flexibility index (Phi) is 7.03. The van der Waals surface area contributed by atoms with Gasteiger partial charge in [-0.3, -0.25) is 0 Å². The molecule has 0 aromatic heterocycles. The van der Waals surface area contributed by atoms with Gasteiger partial charge < -0.3 is 10.2 Å². The van der Waals surface area contributed by atoms with Crippen LogP contribution in [0.25, 0.3) is 22.3 Å². The maximum Gasteiger partial charge on any atom is 0.123 e. The predicted octanol–water partition coefficient (Wildman–Crippen LogP) is 8.40. The van der Waals surface area contributed by atoms with E-state index in [1.165, 1.54) is 24.1 Å². The first-order chi connectivity index (χ1) is 15.8. The van der Waals surface area contributed by atoms with Crippen molar-refractivity contribution in [3.63, 3.8) is 0 Å². The van der Waals surface area contributed by atoms with Crippen molar-refractivity contribution >= 4 is 24.1 Å². The SMILES string of the molecule is Cc1cc(C)cc(-c2cc(SOSc3ccc(O)c(-c4cc(C)cc(C)c4)c3)ccc2O)c1. The van der Waals surface area contributed by atoms with E-state index in [0.29, 0.717) is 0 Å². The monoisotopic (exact) mass is 474 g/mol. The number of phenolic OH excluding ortho intramolecular Hbond substituents is 2. The summed E-state index contributed by atoms with van der Waals surface area (Å²) in [5, 5.41) is 20.8. The summed E-state index contributed by atoms with van der Waals surface area (Å²) in [7, 11) is 0. The van der Waals surface area contributed by atoms with Crippen LogP contribution in [0, 0.1) is 27.7 Å². The molecule has 0 amide bonds. The van der Waals surface area contributed by atoms with Crippen molar-refractivity contribution < 1.29 is 13.8 Å². The highest BCUT2D eigenvalue weighted by Crippen LogP contribution is 2.39. The van der Waals surface area contributed by atoms with E-state index in [1.54, 1.807) is 12.1 Å². The van der Waals surface area contributed by atoms with Crippen LogP contribution in [-0.2, 0) is 3.63 Å². The van der Waals surface area contributed by atoms with Crippen LogP contribution in [0.3, 0.4) is 0 Å². The Morgan fingerprint density at radius 3 is 1.24 bits per heavy atom. The first-order valence-corrected chi connectivity index (χ1v) is 12.1. The fourth-order valence-corrected chi connectivity index (χ4v) is 5.30. The van der Waals surface area contributed by atoms with Gasteiger partial charge in [0.2, 0.25) is 0 Å². The van der Waals surface area contributed by atoms with Crippen LogP contribution in [0.4, 0.5) is 0 Å². The molecule has 0 aliphatic carbocycles. The van der Waals surface area contributed by atoms with Crippen LogP contribution in [0.15, 0.2) is 82.6 Å². The Morgan fingerprint density at radius 2 is 0.879 bits per heavy atom. The highest BCUT2D eigenvalue weighted by Gasteiger charge is 2.10. The minimum atomic E-state index is 0.244. The van der Waals surface area contributed by atoms with Gasteiger partial charge in [0.1, 0.15) is 11.5 Å². The average molecular weight is 475 g/mol. The Labute approximate surface area is 203 Å². The Hall–Kier alpha value is -2.86. The van der Waals surface area contributed by atoms with Crippen molar-refractivity contribution in [2.45, 2.75) is 37.5 Å². The summed E-state index contributed by atoms with van der Waals surface area (Å²) < 4.78 is 5.83. The van der Waals surface area contributed by atoms with Crippen LogP contribution < -0.4 is 0 Å². The van der Waals surface area contributed by atoms with Gasteiger partial charge in [0, 0.05) is 45.0 Å². The summed E-state index contributed by atoms with van der Waals surface area (Å²) in [5.41, 5.74) is 8.14. The second-order valence-corrected chi connectivity index (χ2v) is 10.2. The molecule has 2 N–H and O–H groups in total. The number of hydrogen-bond acceptors (Lipinski definition) is 5. The van der Waals surface area contributed by atoms with Gasteiger partial charge in [0.05, 0.1) is 0 Å². The normalized spacial score (nSPS) is 11.0. The van der Waals surface area contributed by atoms with Gasteiger partial charge >= 0.3 is 0 Å². The summed E-state index contributed by atoms with van der Waals surface area (Å²) >= 11 is 2.48. The van der Waals surface area contributed by atoms with E-state index < -0.39 is 0 Å². The van der Waals surface area contributed by atoms with Crippen molar-refractivity contribution in [3.05, 3.63) is 95.1 Å². The maximum atomic E-state index is 10.4. The fourth-order valence-electron chi connectivity index (χ4n) is 3.95. The van der Waals surface area contributed by atoms with E-state index in [0.717, 1.165) is 54.3 Å². The van der Waals surface area contributed by atoms with Crippen molar-refractivity contribution in [2.75, 3.05) is 0 Å². The Morgan fingerprint density at radius 1 is 0.515 bits per heavy atom. The lowest BCUT2D eigenvalue weighted by Gasteiger charge is -2.11. The number of hydrogen-bond donors (Lipinski definition) is 2. The molecule has 0 spiro atoms. The third kappa shape index (κ3) is 5.74. The smallest absolute Gasteiger partial charge is 0.123 e. The fraction of sp³-hybridized carbons (Fsp3) is 0.143. The number of benzene rings is 4. The number of aryl methyl sites for hydroxylation is 4. The van der Waals surface area contributed by atoms with Crippen molar-refractivity contribution in [1.82, 2.24) is 0 Å². The third-order valence-corrected chi connectivity index (χ3v) is 6.70. The van der Waals surface area contributed by atoms with Gasteiger partial charge in [-0.15, -0.1) is 0 Å². The molecule has 0 aliphatic rings. The molecular weight excluding hydrogens is 448 g/mol. The highest BCUT2D eigenvalue weighted by molar-refractivity contribution is 8.07. The lowest BCUT2D eigenvalue weighted by atomic mass is 10.00. The van der Waals surface area contributed by atoms with Gasteiger partial charge in [0.15, 0.2) is 0 Å². The molecule has 0 bridgehead atoms. The van der Waals surface area contributed by atoms with E-state index in [-0.39, 0.29) is 11.5 Å². The Bertz CT molecular complexity index is 1170. The van der Waals surface area contributed by atoms with Gasteiger partial charge in [-0.05, 0) is 75.2 Å². The second-order valence-electron chi connectivity index (χ2n) is 8.35. The molecule has 0 radical (unpaired) electrons. The zero-order valence-electron chi connectivity index (χ0n) is 19.0. The minimum Gasteiger partial charge on any atom is -0.507 e. The molecule has 0 heterocycles. The van der Waals surface area contributed by atoms with E-state index in [9.17, 15) is 10.2 Å². The van der Waals surface area contributed by atoms with Crippen LogP contribution in [0.1, 0.15) is 22.3 Å². The van der Waals surface area contributed by atoms with Crippen LogP contribution >= 0.6 is 24.1 Å². The lowest BCUT2D eigenvalue weighted by molar-refractivity contribution is 0.476. The molecule has 4 aromatic rings. The van der Waals surface area contributed by atoms with Gasteiger partial charge in [-0.2, -0.15) is 0 Å². The Balaban J connectivity index is 1.50. The molecule has 4 aromatic carbocycles. The summed E-state index contributed by atoms with van der Waals surface area (Å²) in [6.45, 7) is 8.21. The van der Waals surface area contributed by atoms with Gasteiger partial charge in [-0.25, -0.2) is 3.63 Å². The predicted molar refractivity (Wildman–Crippen MR) is 139 cm³/mol. The molecule has 5 heteroatoms. The zero-order chi connectivity index (χ0) is 23.5. The van der Waals surface area contributed by atoms with Crippen molar-refractivity contribution in [2.24, 2.45) is 0 Å². The second kappa shape index (κ2) is 9.96. The largest absolute Gasteiger partial charge is 0.507 e. The molecule has 4 rings (SSSR count). The van der Waals surface area contributed by atoms with E-state index >= 15 is 0 Å². The van der Waals surface area contributed by atoms with Crippen LogP contribution in [0.5, 0.6) is 11.5 Å². The average Bonchev–Trinajstić information content (AvgIpc) is 2.74. The van der Waals surface area contributed by atoms with Gasteiger partial charge in [0.25, 0.3) is 0 Å². The molecule has 0 aliphatic heterocycles. The number of aromatic hydroxyl groups is 2. The molecule has 3 nitrogen and oxygen atoms in total. The molecule has 168 valence electrons. The molecule has 33 heavy (non-hydrogen) atoms. The highest BCUT2D eigenvalue weighted by atomic mass is 32.2. The molecular formula is C28H26O3S2. The number of phenols is 2. The van der Waals surface area contributed by atoms with Gasteiger partial charge in [-0.1, -0.05) is 58.7 Å². The third-order valence-electron chi connectivity index (χ3n) is 5.26. The van der Waals surface area contributed by atoms with Crippen LogP contribution in [0.2, 0.25) is 0 Å². The molecule has 0 atom stereocenters. The topological polar surface area (TPSA) is 49.7 Å². The minimum absolute atomic E-state index is 0.244. The summed E-state index contributed by atoms with van der Waals surface area (Å²) in [6.07, 6.45) is 0. The summed E-state index contributed by atoms with van der Waals surface area (Å²) in [6, 6.07) is 23.4. The zero-order valence-corrected chi connectivity index (χ0v) is 20.7. The lowest BCUT2D eigenvalue weighted by Crippen LogP contribution is -1.85. The quantitative estimate of drug-likeness (QED) is 0.275. The molecule has 0 fully saturated rings. The van der Waals surface area contributed by atoms with Crippen molar-refractivity contribution in [1.29, 1.82) is 0 Å². The summed E-state index contributed by atoms with van der Waals surface area (Å²) in [5.74, 6) is 0.488. The molecule has 0 saturated heterocycles. The maximum absolute atomic E-state index is 10.4. The first kappa shape index (κ1) is 23.3. The van der Waals surface area contributed by atoms with Crippen LogP contribution in [-0.4, -0.2) is 10.2 Å².